The number of aliphatic carboxylic acids is 1. The summed E-state index contributed by atoms with van der Waals surface area (Å²) in [6, 6.07) is 0. The van der Waals surface area contributed by atoms with Gasteiger partial charge in [-0.1, -0.05) is 11.8 Å². The molecule has 8 heteroatoms. The highest BCUT2D eigenvalue weighted by Crippen LogP contribution is 2.15. The molecule has 0 spiro atoms. The maximum Gasteiger partial charge on any atom is 0.313 e. The molecule has 0 aliphatic carbocycles. The first-order valence-corrected chi connectivity index (χ1v) is 5.84. The van der Waals surface area contributed by atoms with Crippen molar-refractivity contribution in [2.24, 2.45) is 7.05 Å². The van der Waals surface area contributed by atoms with Crippen LogP contribution in [0.25, 0.3) is 0 Å². The molecule has 2 heterocycles. The number of thioether (sulfide) groups is 1. The van der Waals surface area contributed by atoms with Crippen LogP contribution in [0.1, 0.15) is 5.82 Å². The Hall–Kier alpha value is -1.83. The van der Waals surface area contributed by atoms with Gasteiger partial charge in [0.15, 0.2) is 5.16 Å². The second-order valence-corrected chi connectivity index (χ2v) is 4.32. The number of imidazole rings is 1. The first kappa shape index (κ1) is 11.6. The van der Waals surface area contributed by atoms with Crippen molar-refractivity contribution in [2.75, 3.05) is 5.75 Å². The topological polar surface area (TPSA) is 85.8 Å². The number of hydrogen-bond donors (Lipinski definition) is 1. The second-order valence-electron chi connectivity index (χ2n) is 3.38. The van der Waals surface area contributed by atoms with Crippen molar-refractivity contribution in [3.05, 3.63) is 24.5 Å². The smallest absolute Gasteiger partial charge is 0.313 e. The Labute approximate surface area is 101 Å². The summed E-state index contributed by atoms with van der Waals surface area (Å²) in [5.74, 6) is -0.0391. The summed E-state index contributed by atoms with van der Waals surface area (Å²) in [5, 5.41) is 16.8. The predicted molar refractivity (Wildman–Crippen MR) is 60.7 cm³/mol. The highest BCUT2D eigenvalue weighted by Gasteiger charge is 2.09. The van der Waals surface area contributed by atoms with Crippen molar-refractivity contribution in [3.8, 4) is 0 Å². The molecule has 7 nitrogen and oxygen atoms in total. The van der Waals surface area contributed by atoms with E-state index in [1.807, 2.05) is 17.8 Å². The molecule has 0 saturated heterocycles. The lowest BCUT2D eigenvalue weighted by Crippen LogP contribution is -2.07. The van der Waals surface area contributed by atoms with E-state index < -0.39 is 5.97 Å². The number of carboxylic acids is 1. The van der Waals surface area contributed by atoms with E-state index in [2.05, 4.69) is 15.2 Å². The van der Waals surface area contributed by atoms with Crippen LogP contribution >= 0.6 is 11.8 Å². The van der Waals surface area contributed by atoms with E-state index in [-0.39, 0.29) is 5.75 Å². The minimum absolute atomic E-state index is 0.0285. The van der Waals surface area contributed by atoms with Crippen LogP contribution in [0, 0.1) is 0 Å². The summed E-state index contributed by atoms with van der Waals surface area (Å²) >= 11 is 1.14. The SMILES string of the molecule is Cn1ccnc1Cn1cnnc1SCC(=O)O. The molecule has 0 atom stereocenters. The number of aryl methyl sites for hydroxylation is 1. The Morgan fingerprint density at radius 3 is 3.06 bits per heavy atom. The van der Waals surface area contributed by atoms with Gasteiger partial charge in [-0.2, -0.15) is 0 Å². The summed E-state index contributed by atoms with van der Waals surface area (Å²) in [6.07, 6.45) is 5.13. The number of rotatable bonds is 5. The molecular formula is C9H11N5O2S. The van der Waals surface area contributed by atoms with Crippen LogP contribution in [0.4, 0.5) is 0 Å². The summed E-state index contributed by atoms with van der Waals surface area (Å²) in [4.78, 5) is 14.7. The van der Waals surface area contributed by atoms with Crippen LogP contribution in [0.3, 0.4) is 0 Å². The Bertz CT molecular complexity index is 521. The summed E-state index contributed by atoms with van der Waals surface area (Å²) in [5.41, 5.74) is 0. The fourth-order valence-corrected chi connectivity index (χ4v) is 1.93. The summed E-state index contributed by atoms with van der Waals surface area (Å²) in [6.45, 7) is 0.526. The maximum atomic E-state index is 10.5. The van der Waals surface area contributed by atoms with Gasteiger partial charge in [-0.05, 0) is 0 Å². The Kier molecular flexibility index (Phi) is 3.43. The Morgan fingerprint density at radius 1 is 1.59 bits per heavy atom. The maximum absolute atomic E-state index is 10.5. The molecule has 2 aromatic rings. The van der Waals surface area contributed by atoms with Crippen molar-refractivity contribution < 1.29 is 9.90 Å². The fraction of sp³-hybridized carbons (Fsp3) is 0.333. The van der Waals surface area contributed by atoms with E-state index >= 15 is 0 Å². The lowest BCUT2D eigenvalue weighted by Gasteiger charge is -2.05. The van der Waals surface area contributed by atoms with Crippen LogP contribution in [-0.4, -0.2) is 41.1 Å². The van der Waals surface area contributed by atoms with E-state index in [4.69, 9.17) is 5.11 Å². The molecule has 0 amide bonds. The zero-order valence-corrected chi connectivity index (χ0v) is 9.96. The molecule has 0 fully saturated rings. The van der Waals surface area contributed by atoms with Crippen LogP contribution < -0.4 is 0 Å². The second kappa shape index (κ2) is 5.00. The Balaban J connectivity index is 2.09. The quantitative estimate of drug-likeness (QED) is 0.768. The molecule has 2 rings (SSSR count). The van der Waals surface area contributed by atoms with Crippen LogP contribution in [0.15, 0.2) is 23.9 Å². The van der Waals surface area contributed by atoms with Crippen molar-refractivity contribution in [2.45, 2.75) is 11.7 Å². The molecule has 0 unspecified atom stereocenters. The van der Waals surface area contributed by atoms with Gasteiger partial charge in [0.1, 0.15) is 12.2 Å². The molecule has 90 valence electrons. The number of carbonyl (C=O) groups is 1. The van der Waals surface area contributed by atoms with Gasteiger partial charge < -0.3 is 14.2 Å². The normalized spacial score (nSPS) is 10.6. The minimum Gasteiger partial charge on any atom is -0.481 e. The molecule has 0 aliphatic rings. The van der Waals surface area contributed by atoms with E-state index in [1.54, 1.807) is 17.1 Å². The van der Waals surface area contributed by atoms with Gasteiger partial charge in [0.25, 0.3) is 0 Å². The van der Waals surface area contributed by atoms with Gasteiger partial charge in [0.05, 0.1) is 12.3 Å². The van der Waals surface area contributed by atoms with Crippen LogP contribution in [-0.2, 0) is 18.4 Å². The highest BCUT2D eigenvalue weighted by atomic mass is 32.2. The van der Waals surface area contributed by atoms with Gasteiger partial charge in [-0.15, -0.1) is 10.2 Å². The van der Waals surface area contributed by atoms with E-state index in [0.29, 0.717) is 11.7 Å². The number of aromatic nitrogens is 5. The third-order valence-corrected chi connectivity index (χ3v) is 3.10. The zero-order chi connectivity index (χ0) is 12.3. The van der Waals surface area contributed by atoms with Gasteiger partial charge in [-0.3, -0.25) is 4.79 Å². The predicted octanol–water partition coefficient (Wildman–Crippen LogP) is 0.237. The summed E-state index contributed by atoms with van der Waals surface area (Å²) in [7, 11) is 1.90. The van der Waals surface area contributed by atoms with Gasteiger partial charge in [0, 0.05) is 19.4 Å². The highest BCUT2D eigenvalue weighted by molar-refractivity contribution is 7.99. The molecule has 0 bridgehead atoms. The van der Waals surface area contributed by atoms with Gasteiger partial charge >= 0.3 is 5.97 Å². The molecule has 2 aromatic heterocycles. The standard InChI is InChI=1S/C9H11N5O2S/c1-13-3-2-10-7(13)4-14-6-11-12-9(14)17-5-8(15)16/h2-3,6H,4-5H2,1H3,(H,15,16). The van der Waals surface area contributed by atoms with Gasteiger partial charge in [0.2, 0.25) is 0 Å². The first-order chi connectivity index (χ1) is 8.16. The molecular weight excluding hydrogens is 242 g/mol. The molecule has 0 radical (unpaired) electrons. The molecule has 17 heavy (non-hydrogen) atoms. The number of carboxylic acid groups (broad SMARTS) is 1. The van der Waals surface area contributed by atoms with Crippen molar-refractivity contribution >= 4 is 17.7 Å². The van der Waals surface area contributed by atoms with Gasteiger partial charge in [-0.25, -0.2) is 4.98 Å². The number of nitrogens with zero attached hydrogens (tertiary/aromatic N) is 5. The fourth-order valence-electron chi connectivity index (χ4n) is 1.29. The van der Waals surface area contributed by atoms with E-state index in [0.717, 1.165) is 17.6 Å². The zero-order valence-electron chi connectivity index (χ0n) is 9.15. The van der Waals surface area contributed by atoms with E-state index in [1.165, 1.54) is 0 Å². The molecule has 0 saturated carbocycles. The lowest BCUT2D eigenvalue weighted by atomic mass is 10.6. The van der Waals surface area contributed by atoms with E-state index in [9.17, 15) is 4.79 Å². The largest absolute Gasteiger partial charge is 0.481 e. The Morgan fingerprint density at radius 2 is 2.41 bits per heavy atom. The molecule has 0 aliphatic heterocycles. The third kappa shape index (κ3) is 2.84. The van der Waals surface area contributed by atoms with Crippen LogP contribution in [0.2, 0.25) is 0 Å². The van der Waals surface area contributed by atoms with Crippen molar-refractivity contribution in [1.29, 1.82) is 0 Å². The molecule has 0 aromatic carbocycles. The third-order valence-electron chi connectivity index (χ3n) is 2.14. The lowest BCUT2D eigenvalue weighted by molar-refractivity contribution is -0.133. The average Bonchev–Trinajstić information content (AvgIpc) is 2.87. The van der Waals surface area contributed by atoms with Crippen molar-refractivity contribution in [1.82, 2.24) is 24.3 Å². The molecule has 1 N–H and O–H groups in total. The first-order valence-electron chi connectivity index (χ1n) is 4.85. The monoisotopic (exact) mass is 253 g/mol. The summed E-state index contributed by atoms with van der Waals surface area (Å²) < 4.78 is 3.67. The number of hydrogen-bond acceptors (Lipinski definition) is 5. The van der Waals surface area contributed by atoms with Crippen LogP contribution in [0.5, 0.6) is 0 Å². The average molecular weight is 253 g/mol. The minimum atomic E-state index is -0.874. The van der Waals surface area contributed by atoms with Crippen molar-refractivity contribution in [3.63, 3.8) is 0 Å².